The van der Waals surface area contributed by atoms with Crippen molar-refractivity contribution in [2.75, 3.05) is 37.0 Å². The zero-order chi connectivity index (χ0) is 20.6. The van der Waals surface area contributed by atoms with Crippen molar-refractivity contribution in [3.8, 4) is 5.75 Å². The van der Waals surface area contributed by atoms with Crippen LogP contribution in [0.1, 0.15) is 23.2 Å². The Labute approximate surface area is 169 Å². The number of benzene rings is 2. The van der Waals surface area contributed by atoms with E-state index in [9.17, 15) is 18.0 Å². The third kappa shape index (κ3) is 3.70. The van der Waals surface area contributed by atoms with Gasteiger partial charge < -0.3 is 15.0 Å². The van der Waals surface area contributed by atoms with E-state index in [0.29, 0.717) is 35.8 Å². The van der Waals surface area contributed by atoms with Crippen LogP contribution in [0.2, 0.25) is 0 Å². The van der Waals surface area contributed by atoms with Crippen LogP contribution in [-0.2, 0) is 14.8 Å². The van der Waals surface area contributed by atoms with Gasteiger partial charge in [-0.25, -0.2) is 8.42 Å². The topological polar surface area (TPSA) is 96.0 Å². The lowest BCUT2D eigenvalue weighted by Gasteiger charge is -2.26. The summed E-state index contributed by atoms with van der Waals surface area (Å²) in [5.74, 6) is 0.00511. The van der Waals surface area contributed by atoms with Crippen molar-refractivity contribution in [3.05, 3.63) is 48.0 Å². The second-order valence-electron chi connectivity index (χ2n) is 7.01. The molecule has 8 nitrogen and oxygen atoms in total. The van der Waals surface area contributed by atoms with E-state index < -0.39 is 10.0 Å². The predicted octanol–water partition coefficient (Wildman–Crippen LogP) is 2.08. The van der Waals surface area contributed by atoms with Gasteiger partial charge in [0.05, 0.1) is 10.6 Å². The van der Waals surface area contributed by atoms with Gasteiger partial charge in [-0.1, -0.05) is 0 Å². The van der Waals surface area contributed by atoms with E-state index in [2.05, 4.69) is 5.32 Å². The van der Waals surface area contributed by atoms with Gasteiger partial charge in [0.25, 0.3) is 11.8 Å². The Hall–Kier alpha value is -2.91. The Balaban J connectivity index is 1.49. The average molecular weight is 415 g/mol. The van der Waals surface area contributed by atoms with Crippen molar-refractivity contribution >= 4 is 33.2 Å². The Morgan fingerprint density at radius 2 is 1.76 bits per heavy atom. The molecule has 2 heterocycles. The van der Waals surface area contributed by atoms with E-state index >= 15 is 0 Å². The number of sulfonamides is 1. The number of hydrogen-bond donors (Lipinski definition) is 1. The first-order valence-electron chi connectivity index (χ1n) is 9.31. The monoisotopic (exact) mass is 415 g/mol. The van der Waals surface area contributed by atoms with Crippen molar-refractivity contribution in [1.82, 2.24) is 4.31 Å². The number of nitrogens with zero attached hydrogens (tertiary/aromatic N) is 2. The minimum absolute atomic E-state index is 0.0478. The lowest BCUT2D eigenvalue weighted by molar-refractivity contribution is -0.120. The van der Waals surface area contributed by atoms with Crippen LogP contribution in [0.25, 0.3) is 0 Å². The van der Waals surface area contributed by atoms with Crippen molar-refractivity contribution in [2.24, 2.45) is 0 Å². The van der Waals surface area contributed by atoms with Crippen molar-refractivity contribution < 1.29 is 22.7 Å². The smallest absolute Gasteiger partial charge is 0.264 e. The zero-order valence-electron chi connectivity index (χ0n) is 15.9. The quantitative estimate of drug-likeness (QED) is 0.825. The number of anilines is 2. The molecule has 2 amide bonds. The summed E-state index contributed by atoms with van der Waals surface area (Å²) in [7, 11) is -1.84. The maximum absolute atomic E-state index is 12.6. The summed E-state index contributed by atoms with van der Waals surface area (Å²) in [5, 5.41) is 2.77. The molecular weight excluding hydrogens is 394 g/mol. The van der Waals surface area contributed by atoms with E-state index in [-0.39, 0.29) is 23.3 Å². The van der Waals surface area contributed by atoms with Gasteiger partial charge >= 0.3 is 0 Å². The first-order chi connectivity index (χ1) is 13.9. The predicted molar refractivity (Wildman–Crippen MR) is 108 cm³/mol. The molecule has 0 unspecified atom stereocenters. The number of fused-ring (bicyclic) bond motifs is 1. The van der Waals surface area contributed by atoms with Gasteiger partial charge in [0, 0.05) is 37.5 Å². The Morgan fingerprint density at radius 3 is 2.45 bits per heavy atom. The molecule has 0 spiro atoms. The van der Waals surface area contributed by atoms with Gasteiger partial charge in [-0.2, -0.15) is 4.31 Å². The number of ether oxygens (including phenoxy) is 1. The molecule has 0 aliphatic carbocycles. The van der Waals surface area contributed by atoms with E-state index in [1.807, 2.05) is 0 Å². The van der Waals surface area contributed by atoms with Gasteiger partial charge in [0.1, 0.15) is 5.75 Å². The highest BCUT2D eigenvalue weighted by atomic mass is 32.2. The summed E-state index contributed by atoms with van der Waals surface area (Å²) < 4.78 is 32.0. The summed E-state index contributed by atoms with van der Waals surface area (Å²) in [6, 6.07) is 11.0. The van der Waals surface area contributed by atoms with Crippen LogP contribution in [0, 0.1) is 0 Å². The fraction of sp³-hybridized carbons (Fsp3) is 0.300. The van der Waals surface area contributed by atoms with Crippen LogP contribution in [0.5, 0.6) is 5.75 Å². The van der Waals surface area contributed by atoms with Gasteiger partial charge in [-0.05, 0) is 49.2 Å². The number of rotatable bonds is 4. The molecule has 0 radical (unpaired) electrons. The molecule has 1 saturated heterocycles. The van der Waals surface area contributed by atoms with E-state index in [1.165, 1.54) is 33.5 Å². The van der Waals surface area contributed by atoms with Crippen LogP contribution >= 0.6 is 0 Å². The van der Waals surface area contributed by atoms with Crippen molar-refractivity contribution in [3.63, 3.8) is 0 Å². The molecule has 4 rings (SSSR count). The van der Waals surface area contributed by atoms with E-state index in [0.717, 1.165) is 12.8 Å². The SMILES string of the molecule is CN1C(=O)COc2cc(NC(=O)c3ccc(S(=O)(=O)N4CCCC4)cc3)ccc21. The van der Waals surface area contributed by atoms with Crippen LogP contribution in [0.4, 0.5) is 11.4 Å². The normalized spacial score (nSPS) is 17.0. The van der Waals surface area contributed by atoms with Gasteiger partial charge in [-0.15, -0.1) is 0 Å². The fourth-order valence-corrected chi connectivity index (χ4v) is 4.93. The van der Waals surface area contributed by atoms with E-state index in [4.69, 9.17) is 4.74 Å². The molecule has 0 atom stereocenters. The largest absolute Gasteiger partial charge is 0.481 e. The Bertz CT molecular complexity index is 1060. The molecular formula is C20H21N3O5S. The molecule has 0 aromatic heterocycles. The molecule has 1 fully saturated rings. The number of hydrogen-bond acceptors (Lipinski definition) is 5. The average Bonchev–Trinajstić information content (AvgIpc) is 3.27. The molecule has 29 heavy (non-hydrogen) atoms. The van der Waals surface area contributed by atoms with Crippen molar-refractivity contribution in [2.45, 2.75) is 17.7 Å². The van der Waals surface area contributed by atoms with E-state index in [1.54, 1.807) is 25.2 Å². The summed E-state index contributed by atoms with van der Waals surface area (Å²) in [4.78, 5) is 25.9. The number of likely N-dealkylation sites (N-methyl/N-ethyl adjacent to an activating group) is 1. The molecule has 2 aliphatic rings. The minimum atomic E-state index is -3.51. The highest BCUT2D eigenvalue weighted by Crippen LogP contribution is 2.33. The molecule has 0 bridgehead atoms. The third-order valence-corrected chi connectivity index (χ3v) is 7.04. The molecule has 9 heteroatoms. The summed E-state index contributed by atoms with van der Waals surface area (Å²) in [6.45, 7) is 1.02. The lowest BCUT2D eigenvalue weighted by atomic mass is 10.2. The summed E-state index contributed by atoms with van der Waals surface area (Å²) >= 11 is 0. The molecule has 2 aliphatic heterocycles. The number of nitrogens with one attached hydrogen (secondary N) is 1. The van der Waals surface area contributed by atoms with Gasteiger partial charge in [-0.3, -0.25) is 9.59 Å². The van der Waals surface area contributed by atoms with Gasteiger partial charge in [0.15, 0.2) is 6.61 Å². The standard InChI is InChI=1S/C20H21N3O5S/c1-22-17-9-6-15(12-18(17)28-13-19(22)24)21-20(25)14-4-7-16(8-5-14)29(26,27)23-10-2-3-11-23/h4-9,12H,2-3,10-11,13H2,1H3,(H,21,25). The first kappa shape index (κ1) is 19.4. The number of carbonyl (C=O) groups is 2. The molecule has 2 aromatic carbocycles. The number of amides is 2. The molecule has 1 N–H and O–H groups in total. The molecule has 0 saturated carbocycles. The third-order valence-electron chi connectivity index (χ3n) is 5.12. The second-order valence-corrected chi connectivity index (χ2v) is 8.95. The summed E-state index contributed by atoms with van der Waals surface area (Å²) in [6.07, 6.45) is 1.74. The Kier molecular flexibility index (Phi) is 5.01. The zero-order valence-corrected chi connectivity index (χ0v) is 16.7. The van der Waals surface area contributed by atoms with Crippen LogP contribution < -0.4 is 15.0 Å². The number of carbonyl (C=O) groups excluding carboxylic acids is 2. The first-order valence-corrected chi connectivity index (χ1v) is 10.8. The highest BCUT2D eigenvalue weighted by Gasteiger charge is 2.27. The van der Waals surface area contributed by atoms with Crippen molar-refractivity contribution in [1.29, 1.82) is 0 Å². The fourth-order valence-electron chi connectivity index (χ4n) is 3.41. The van der Waals surface area contributed by atoms with Gasteiger partial charge in [0.2, 0.25) is 10.0 Å². The highest BCUT2D eigenvalue weighted by molar-refractivity contribution is 7.89. The summed E-state index contributed by atoms with van der Waals surface area (Å²) in [5.41, 5.74) is 1.50. The molecule has 2 aromatic rings. The molecule has 152 valence electrons. The lowest BCUT2D eigenvalue weighted by Crippen LogP contribution is -2.35. The maximum atomic E-state index is 12.6. The maximum Gasteiger partial charge on any atom is 0.264 e. The minimum Gasteiger partial charge on any atom is -0.481 e. The van der Waals surface area contributed by atoms with Crippen LogP contribution in [0.15, 0.2) is 47.4 Å². The van der Waals surface area contributed by atoms with Crippen LogP contribution in [-0.4, -0.2) is 51.3 Å². The van der Waals surface area contributed by atoms with Crippen LogP contribution in [0.3, 0.4) is 0 Å². The second kappa shape index (κ2) is 7.49. The Morgan fingerprint density at radius 1 is 1.07 bits per heavy atom.